The van der Waals surface area contributed by atoms with Gasteiger partial charge in [-0.25, -0.2) is 0 Å². The Bertz CT molecular complexity index is 555. The van der Waals surface area contributed by atoms with Gasteiger partial charge in [-0.15, -0.1) is 0 Å². The molecule has 37 heavy (non-hydrogen) atoms. The highest BCUT2D eigenvalue weighted by atomic mass is 16.5. The van der Waals surface area contributed by atoms with Gasteiger partial charge in [0.25, 0.3) is 0 Å². The lowest BCUT2D eigenvalue weighted by atomic mass is 9.97. The van der Waals surface area contributed by atoms with Gasteiger partial charge in [0, 0.05) is 0 Å². The molecule has 0 saturated carbocycles. The minimum Gasteiger partial charge on any atom is -0.481 e. The summed E-state index contributed by atoms with van der Waals surface area (Å²) in [4.78, 5) is 23.0. The summed E-state index contributed by atoms with van der Waals surface area (Å²) in [7, 11) is 0. The number of unbranched alkanes of at least 4 members (excludes halogenated alkanes) is 20. The van der Waals surface area contributed by atoms with Gasteiger partial charge in [-0.05, 0) is 32.1 Å². The summed E-state index contributed by atoms with van der Waals surface area (Å²) in [5, 5.41) is 9.01. The third kappa shape index (κ3) is 27.3. The first-order valence-electron chi connectivity index (χ1n) is 15.8. The normalized spacial score (nSPS) is 12.1. The maximum Gasteiger partial charge on any atom is 0.309 e. The second-order valence-corrected chi connectivity index (χ2v) is 10.8. The number of hydrogen-bond donors (Lipinski definition) is 1. The highest BCUT2D eigenvalue weighted by Gasteiger charge is 2.22. The quantitative estimate of drug-likeness (QED) is 0.0605. The maximum atomic E-state index is 12.0. The van der Waals surface area contributed by atoms with E-state index in [9.17, 15) is 9.59 Å². The molecule has 0 fully saturated rings. The molecule has 0 radical (unpaired) electrons. The molecule has 0 amide bonds. The van der Waals surface area contributed by atoms with E-state index < -0.39 is 17.9 Å². The van der Waals surface area contributed by atoms with Gasteiger partial charge >= 0.3 is 11.9 Å². The van der Waals surface area contributed by atoms with Crippen molar-refractivity contribution in [3.05, 3.63) is 24.8 Å². The van der Waals surface area contributed by atoms with Crippen molar-refractivity contribution in [3.8, 4) is 0 Å². The molecule has 216 valence electrons. The number of carboxylic acids is 1. The summed E-state index contributed by atoms with van der Waals surface area (Å²) in [6, 6.07) is 0. The van der Waals surface area contributed by atoms with Crippen molar-refractivity contribution in [2.75, 3.05) is 6.61 Å². The van der Waals surface area contributed by atoms with Crippen LogP contribution in [0.5, 0.6) is 0 Å². The molecule has 0 saturated heterocycles. The van der Waals surface area contributed by atoms with Crippen molar-refractivity contribution in [3.63, 3.8) is 0 Å². The zero-order chi connectivity index (χ0) is 27.2. The van der Waals surface area contributed by atoms with Crippen LogP contribution < -0.4 is 0 Å². The molecule has 4 nitrogen and oxygen atoms in total. The van der Waals surface area contributed by atoms with E-state index in [0.717, 1.165) is 19.3 Å². The number of ether oxygens (including phenoxy) is 1. The smallest absolute Gasteiger partial charge is 0.309 e. The molecule has 0 spiro atoms. The lowest BCUT2D eigenvalue weighted by Gasteiger charge is -2.13. The molecular weight excluding hydrogens is 460 g/mol. The van der Waals surface area contributed by atoms with Crippen molar-refractivity contribution in [1.29, 1.82) is 0 Å². The van der Waals surface area contributed by atoms with Gasteiger partial charge in [0.2, 0.25) is 0 Å². The average molecular weight is 521 g/mol. The highest BCUT2D eigenvalue weighted by Crippen LogP contribution is 2.18. The van der Waals surface area contributed by atoms with Crippen LogP contribution in [-0.4, -0.2) is 23.7 Å². The van der Waals surface area contributed by atoms with Gasteiger partial charge in [0.15, 0.2) is 0 Å². The first-order valence-corrected chi connectivity index (χ1v) is 15.8. The zero-order valence-electron chi connectivity index (χ0n) is 24.4. The molecule has 0 aromatic rings. The molecule has 1 atom stereocenters. The SMILES string of the molecule is C=CCOC(=O)C(CCCCCCCCCCCC/C=C/CCCCCCCCCCCC)CC(=O)O. The highest BCUT2D eigenvalue weighted by molar-refractivity contribution is 5.79. The van der Waals surface area contributed by atoms with E-state index in [0.29, 0.717) is 6.42 Å². The van der Waals surface area contributed by atoms with Gasteiger partial charge in [0.1, 0.15) is 6.61 Å². The Kier molecular flexibility index (Phi) is 27.7. The topological polar surface area (TPSA) is 63.6 Å². The molecule has 0 aliphatic carbocycles. The van der Waals surface area contributed by atoms with E-state index in [1.54, 1.807) is 0 Å². The fourth-order valence-corrected chi connectivity index (χ4v) is 4.83. The van der Waals surface area contributed by atoms with Crippen LogP contribution in [0.15, 0.2) is 24.8 Å². The molecule has 0 aliphatic rings. The van der Waals surface area contributed by atoms with Gasteiger partial charge in [0.05, 0.1) is 12.3 Å². The summed E-state index contributed by atoms with van der Waals surface area (Å²) in [5.41, 5.74) is 0. The number of carboxylic acid groups (broad SMARTS) is 1. The summed E-state index contributed by atoms with van der Waals surface area (Å²) < 4.78 is 5.04. The minimum atomic E-state index is -0.944. The Morgan fingerprint density at radius 3 is 1.49 bits per heavy atom. The summed E-state index contributed by atoms with van der Waals surface area (Å²) in [6.07, 6.45) is 35.6. The van der Waals surface area contributed by atoms with Gasteiger partial charge in [-0.1, -0.05) is 147 Å². The van der Waals surface area contributed by atoms with E-state index in [4.69, 9.17) is 9.84 Å². The third-order valence-corrected chi connectivity index (χ3v) is 7.16. The molecule has 0 aromatic carbocycles. The number of carbonyl (C=O) groups is 2. The van der Waals surface area contributed by atoms with Crippen molar-refractivity contribution >= 4 is 11.9 Å². The van der Waals surface area contributed by atoms with Gasteiger partial charge in [-0.2, -0.15) is 0 Å². The lowest BCUT2D eigenvalue weighted by molar-refractivity contribution is -0.152. The van der Waals surface area contributed by atoms with Gasteiger partial charge < -0.3 is 9.84 Å². The third-order valence-electron chi connectivity index (χ3n) is 7.16. The summed E-state index contributed by atoms with van der Waals surface area (Å²) in [6.45, 7) is 5.95. The fourth-order valence-electron chi connectivity index (χ4n) is 4.83. The van der Waals surface area contributed by atoms with Crippen molar-refractivity contribution in [2.45, 2.75) is 161 Å². The number of carbonyl (C=O) groups excluding carboxylic acids is 1. The Morgan fingerprint density at radius 2 is 1.08 bits per heavy atom. The second-order valence-electron chi connectivity index (χ2n) is 10.8. The lowest BCUT2D eigenvalue weighted by Crippen LogP contribution is -2.21. The van der Waals surface area contributed by atoms with E-state index >= 15 is 0 Å². The predicted molar refractivity (Wildman–Crippen MR) is 158 cm³/mol. The molecule has 0 heterocycles. The monoisotopic (exact) mass is 520 g/mol. The molecule has 0 aromatic heterocycles. The van der Waals surface area contributed by atoms with Crippen LogP contribution >= 0.6 is 0 Å². The van der Waals surface area contributed by atoms with Gasteiger partial charge in [-0.3, -0.25) is 9.59 Å². The predicted octanol–water partition coefficient (Wildman–Crippen LogP) is 10.4. The van der Waals surface area contributed by atoms with Crippen LogP contribution in [0.2, 0.25) is 0 Å². The van der Waals surface area contributed by atoms with Crippen LogP contribution in [0.1, 0.15) is 161 Å². The average Bonchev–Trinajstić information content (AvgIpc) is 2.88. The Morgan fingerprint density at radius 1 is 0.676 bits per heavy atom. The van der Waals surface area contributed by atoms with Crippen LogP contribution in [0.3, 0.4) is 0 Å². The van der Waals surface area contributed by atoms with E-state index in [2.05, 4.69) is 25.7 Å². The van der Waals surface area contributed by atoms with Crippen molar-refractivity contribution in [1.82, 2.24) is 0 Å². The van der Waals surface area contributed by atoms with E-state index in [-0.39, 0.29) is 13.0 Å². The summed E-state index contributed by atoms with van der Waals surface area (Å²) in [5.74, 6) is -1.89. The molecule has 4 heteroatoms. The fraction of sp³-hybridized carbons (Fsp3) is 0.818. The molecule has 0 rings (SSSR count). The molecule has 0 bridgehead atoms. The number of rotatable bonds is 29. The molecule has 1 unspecified atom stereocenters. The van der Waals surface area contributed by atoms with Crippen molar-refractivity contribution in [2.24, 2.45) is 5.92 Å². The largest absolute Gasteiger partial charge is 0.481 e. The minimum absolute atomic E-state index is 0.144. The number of allylic oxidation sites excluding steroid dienone is 2. The van der Waals surface area contributed by atoms with Crippen LogP contribution in [-0.2, 0) is 14.3 Å². The second kappa shape index (κ2) is 29.0. The Balaban J connectivity index is 3.40. The van der Waals surface area contributed by atoms with E-state index in [1.807, 2.05) is 0 Å². The number of hydrogen-bond acceptors (Lipinski definition) is 3. The molecule has 0 aliphatic heterocycles. The van der Waals surface area contributed by atoms with Crippen LogP contribution in [0, 0.1) is 5.92 Å². The standard InChI is InChI=1S/C33H60O4/c1-3-5-6-7-8-9-10-11-12-13-14-15-16-17-18-19-20-21-22-23-24-25-26-27-28-31(30-32(34)35)33(36)37-29-4-2/h4,15-16,31H,2-3,5-14,17-30H2,1H3,(H,34,35)/b16-15+. The van der Waals surface area contributed by atoms with Crippen LogP contribution in [0.4, 0.5) is 0 Å². The maximum absolute atomic E-state index is 12.0. The Hall–Kier alpha value is -1.58. The Labute approximate surface area is 229 Å². The van der Waals surface area contributed by atoms with Crippen LogP contribution in [0.25, 0.3) is 0 Å². The molecular formula is C33H60O4. The number of aliphatic carboxylic acids is 1. The zero-order valence-corrected chi connectivity index (χ0v) is 24.4. The summed E-state index contributed by atoms with van der Waals surface area (Å²) >= 11 is 0. The molecule has 1 N–H and O–H groups in total. The first-order chi connectivity index (χ1) is 18.1. The first kappa shape index (κ1) is 35.4. The van der Waals surface area contributed by atoms with Crippen molar-refractivity contribution < 1.29 is 19.4 Å². The van der Waals surface area contributed by atoms with E-state index in [1.165, 1.54) is 128 Å². The number of esters is 1.